The number of hydrogen-bond donors (Lipinski definition) is 0. The average molecular weight is 168 g/mol. The summed E-state index contributed by atoms with van der Waals surface area (Å²) in [6, 6.07) is 0. The largest absolute Gasteiger partial charge is 0.395 e. The van der Waals surface area contributed by atoms with Crippen molar-refractivity contribution in [2.24, 2.45) is 0 Å². The first-order valence-corrected chi connectivity index (χ1v) is 3.17. The van der Waals surface area contributed by atoms with E-state index in [1.165, 1.54) is 0 Å². The minimum atomic E-state index is -4.17. The fraction of sp³-hybridized carbons (Fsp3) is 0.500. The Morgan fingerprint density at radius 3 is 2.60 bits per heavy atom. The number of halogens is 3. The van der Waals surface area contributed by atoms with Crippen molar-refractivity contribution < 1.29 is 13.2 Å². The lowest BCUT2D eigenvalue weighted by Gasteiger charge is -2.00. The van der Waals surface area contributed by atoms with Gasteiger partial charge in [0.1, 0.15) is 11.3 Å². The zero-order valence-electron chi connectivity index (χ0n) is 4.72. The van der Waals surface area contributed by atoms with Crippen LogP contribution in [0.4, 0.5) is 13.2 Å². The zero-order chi connectivity index (χ0) is 7.61. The highest BCUT2D eigenvalue weighted by Gasteiger charge is 2.29. The first kappa shape index (κ1) is 7.46. The van der Waals surface area contributed by atoms with E-state index in [0.29, 0.717) is 0 Å². The van der Waals surface area contributed by atoms with Gasteiger partial charge in [-0.2, -0.15) is 17.5 Å². The van der Waals surface area contributed by atoms with Crippen LogP contribution in [-0.4, -0.2) is 15.5 Å². The molecule has 0 aliphatic rings. The molecule has 0 atom stereocenters. The fourth-order valence-corrected chi connectivity index (χ4v) is 0.984. The molecule has 1 aromatic rings. The van der Waals surface area contributed by atoms with Crippen molar-refractivity contribution in [2.75, 3.05) is 0 Å². The summed E-state index contributed by atoms with van der Waals surface area (Å²) >= 11 is 0.769. The molecule has 0 saturated heterocycles. The first-order chi connectivity index (χ1) is 4.58. The molecule has 10 heavy (non-hydrogen) atoms. The number of alkyl halides is 3. The summed E-state index contributed by atoms with van der Waals surface area (Å²) < 4.78 is 38.1. The predicted molar refractivity (Wildman–Crippen MR) is 29.7 cm³/mol. The van der Waals surface area contributed by atoms with E-state index >= 15 is 0 Å². The second-order valence-electron chi connectivity index (χ2n) is 1.63. The Balaban J connectivity index is 2.57. The van der Waals surface area contributed by atoms with Gasteiger partial charge in [0.15, 0.2) is 0 Å². The van der Waals surface area contributed by atoms with Crippen LogP contribution in [0.2, 0.25) is 0 Å². The van der Waals surface area contributed by atoms with Gasteiger partial charge in [-0.25, -0.2) is 4.98 Å². The molecule has 0 unspecified atom stereocenters. The normalized spacial score (nSPS) is 11.9. The van der Waals surface area contributed by atoms with Gasteiger partial charge in [0.25, 0.3) is 0 Å². The standard InChI is InChI=1S/C4H3F3N2S/c5-4(6,7)1-3-8-2-9-10-3/h2H,1H2. The molecule has 0 radical (unpaired) electrons. The van der Waals surface area contributed by atoms with E-state index in [0.717, 1.165) is 17.9 Å². The molecule has 0 aliphatic carbocycles. The van der Waals surface area contributed by atoms with Gasteiger partial charge in [-0.3, -0.25) is 0 Å². The monoisotopic (exact) mass is 168 g/mol. The molecule has 1 heterocycles. The number of hydrogen-bond acceptors (Lipinski definition) is 3. The summed E-state index contributed by atoms with van der Waals surface area (Å²) in [4.78, 5) is 3.39. The van der Waals surface area contributed by atoms with Crippen molar-refractivity contribution in [1.29, 1.82) is 0 Å². The zero-order valence-corrected chi connectivity index (χ0v) is 5.54. The minimum Gasteiger partial charge on any atom is -0.228 e. The van der Waals surface area contributed by atoms with Gasteiger partial charge in [0.05, 0.1) is 6.42 Å². The summed E-state index contributed by atoms with van der Waals surface area (Å²) in [7, 11) is 0. The number of aromatic nitrogens is 2. The van der Waals surface area contributed by atoms with Crippen molar-refractivity contribution in [3.8, 4) is 0 Å². The van der Waals surface area contributed by atoms with Gasteiger partial charge < -0.3 is 0 Å². The van der Waals surface area contributed by atoms with Gasteiger partial charge in [-0.15, -0.1) is 0 Å². The van der Waals surface area contributed by atoms with Crippen LogP contribution in [0, 0.1) is 0 Å². The molecule has 0 aromatic carbocycles. The molecular formula is C4H3F3N2S. The predicted octanol–water partition coefficient (Wildman–Crippen LogP) is 1.64. The van der Waals surface area contributed by atoms with Gasteiger partial charge in [-0.1, -0.05) is 0 Å². The Bertz CT molecular complexity index is 193. The fourth-order valence-electron chi connectivity index (χ4n) is 0.445. The smallest absolute Gasteiger partial charge is 0.228 e. The third-order valence-corrected chi connectivity index (χ3v) is 1.42. The minimum absolute atomic E-state index is 0.00694. The third-order valence-electron chi connectivity index (χ3n) is 0.759. The SMILES string of the molecule is FC(F)(F)Cc1ncns1. The Morgan fingerprint density at radius 1 is 1.50 bits per heavy atom. The summed E-state index contributed by atoms with van der Waals surface area (Å²) in [5.74, 6) is 0. The molecule has 0 amide bonds. The maximum atomic E-state index is 11.6. The molecule has 0 N–H and O–H groups in total. The van der Waals surface area contributed by atoms with Crippen LogP contribution in [-0.2, 0) is 6.42 Å². The van der Waals surface area contributed by atoms with Crippen LogP contribution in [0.3, 0.4) is 0 Å². The molecule has 0 spiro atoms. The molecule has 1 aromatic heterocycles. The molecule has 1 rings (SSSR count). The van der Waals surface area contributed by atoms with E-state index < -0.39 is 12.6 Å². The summed E-state index contributed by atoms with van der Waals surface area (Å²) in [6.07, 6.45) is -4.02. The summed E-state index contributed by atoms with van der Waals surface area (Å²) in [5.41, 5.74) is 0. The highest BCUT2D eigenvalue weighted by Crippen LogP contribution is 2.20. The lowest BCUT2D eigenvalue weighted by atomic mass is 10.4. The van der Waals surface area contributed by atoms with Crippen LogP contribution < -0.4 is 0 Å². The van der Waals surface area contributed by atoms with E-state index in [1.54, 1.807) is 0 Å². The average Bonchev–Trinajstić information content (AvgIpc) is 2.12. The summed E-state index contributed by atoms with van der Waals surface area (Å²) in [5, 5.41) is 0.00694. The van der Waals surface area contributed by atoms with Crippen LogP contribution >= 0.6 is 11.5 Å². The van der Waals surface area contributed by atoms with Crippen molar-refractivity contribution in [2.45, 2.75) is 12.6 Å². The molecule has 0 bridgehead atoms. The van der Waals surface area contributed by atoms with Crippen LogP contribution in [0.1, 0.15) is 5.01 Å². The van der Waals surface area contributed by atoms with Crippen LogP contribution in [0.5, 0.6) is 0 Å². The summed E-state index contributed by atoms with van der Waals surface area (Å²) in [6.45, 7) is 0. The molecule has 56 valence electrons. The lowest BCUT2D eigenvalue weighted by molar-refractivity contribution is -0.127. The molecular weight excluding hydrogens is 165 g/mol. The first-order valence-electron chi connectivity index (χ1n) is 2.40. The van der Waals surface area contributed by atoms with Gasteiger partial charge in [-0.05, 0) is 11.5 Å². The van der Waals surface area contributed by atoms with E-state index in [-0.39, 0.29) is 5.01 Å². The van der Waals surface area contributed by atoms with E-state index in [4.69, 9.17) is 0 Å². The van der Waals surface area contributed by atoms with Crippen molar-refractivity contribution in [3.05, 3.63) is 11.3 Å². The quantitative estimate of drug-likeness (QED) is 0.637. The van der Waals surface area contributed by atoms with Crippen molar-refractivity contribution in [1.82, 2.24) is 9.36 Å². The molecule has 2 nitrogen and oxygen atoms in total. The Hall–Kier alpha value is -0.650. The van der Waals surface area contributed by atoms with Gasteiger partial charge >= 0.3 is 6.18 Å². The van der Waals surface area contributed by atoms with Crippen LogP contribution in [0.15, 0.2) is 6.33 Å². The Kier molecular flexibility index (Phi) is 1.89. The number of nitrogens with zero attached hydrogens (tertiary/aromatic N) is 2. The molecule has 0 saturated carbocycles. The van der Waals surface area contributed by atoms with Gasteiger partial charge in [0, 0.05) is 0 Å². The Morgan fingerprint density at radius 2 is 2.20 bits per heavy atom. The maximum absolute atomic E-state index is 11.6. The highest BCUT2D eigenvalue weighted by atomic mass is 32.1. The molecule has 0 aliphatic heterocycles. The van der Waals surface area contributed by atoms with E-state index in [9.17, 15) is 13.2 Å². The van der Waals surface area contributed by atoms with Crippen molar-refractivity contribution in [3.63, 3.8) is 0 Å². The van der Waals surface area contributed by atoms with Crippen molar-refractivity contribution >= 4 is 11.5 Å². The third kappa shape index (κ3) is 2.30. The van der Waals surface area contributed by atoms with Gasteiger partial charge in [0.2, 0.25) is 0 Å². The molecule has 6 heteroatoms. The number of rotatable bonds is 1. The Labute approximate surface area is 58.9 Å². The second-order valence-corrected chi connectivity index (χ2v) is 2.49. The highest BCUT2D eigenvalue weighted by molar-refractivity contribution is 7.05. The lowest BCUT2D eigenvalue weighted by Crippen LogP contribution is -2.10. The topological polar surface area (TPSA) is 25.8 Å². The molecule has 0 fully saturated rings. The second kappa shape index (κ2) is 2.53. The van der Waals surface area contributed by atoms with E-state index in [1.807, 2.05) is 0 Å². The van der Waals surface area contributed by atoms with Crippen LogP contribution in [0.25, 0.3) is 0 Å². The maximum Gasteiger partial charge on any atom is 0.395 e. The van der Waals surface area contributed by atoms with E-state index in [2.05, 4.69) is 9.36 Å².